The van der Waals surface area contributed by atoms with Crippen LogP contribution in [0.4, 0.5) is 56.9 Å². The zero-order valence-corrected chi connectivity index (χ0v) is 49.1. The van der Waals surface area contributed by atoms with Gasteiger partial charge in [0.15, 0.2) is 0 Å². The first-order chi connectivity index (χ1) is 43.4. The molecule has 0 atom stereocenters. The number of benzene rings is 14. The second-order valence-electron chi connectivity index (χ2n) is 21.8. The number of anilines is 10. The summed E-state index contributed by atoms with van der Waals surface area (Å²) in [5.74, 6) is 0. The second-order valence-corrected chi connectivity index (χ2v) is 21.8. The van der Waals surface area contributed by atoms with E-state index in [1.165, 1.54) is 60.6 Å². The molecular weight excluding hydrogens is 1070 g/mol. The lowest BCUT2D eigenvalue weighted by molar-refractivity contribution is 1.21. The molecule has 0 fully saturated rings. The molecule has 5 heteroatoms. The largest absolute Gasteiger partial charge is 0.345 e. The van der Waals surface area contributed by atoms with Gasteiger partial charge in [-0.1, -0.05) is 231 Å². The molecule has 5 nitrogen and oxygen atoms in total. The van der Waals surface area contributed by atoms with Gasteiger partial charge >= 0.3 is 0 Å². The van der Waals surface area contributed by atoms with Gasteiger partial charge in [-0.3, -0.25) is 0 Å². The van der Waals surface area contributed by atoms with Crippen LogP contribution >= 0.6 is 0 Å². The van der Waals surface area contributed by atoms with E-state index in [1.54, 1.807) is 0 Å². The lowest BCUT2D eigenvalue weighted by Crippen LogP contribution is -2.10. The summed E-state index contributed by atoms with van der Waals surface area (Å²) in [4.78, 5) is 9.02. The van der Waals surface area contributed by atoms with Crippen molar-refractivity contribution in [1.29, 1.82) is 5.26 Å². The van der Waals surface area contributed by atoms with Gasteiger partial charge in [-0.25, -0.2) is 0 Å². The summed E-state index contributed by atoms with van der Waals surface area (Å²) >= 11 is 0. The van der Waals surface area contributed by atoms with Crippen LogP contribution in [0.3, 0.4) is 0 Å². The van der Waals surface area contributed by atoms with Crippen LogP contribution in [0.1, 0.15) is 5.56 Å². The number of hydrogen-bond donors (Lipinski definition) is 0. The molecule has 0 spiro atoms. The van der Waals surface area contributed by atoms with Crippen molar-refractivity contribution < 1.29 is 0 Å². The van der Waals surface area contributed by atoms with Crippen LogP contribution in [0.5, 0.6) is 0 Å². The zero-order chi connectivity index (χ0) is 59.6. The van der Waals surface area contributed by atoms with Gasteiger partial charge in [-0.15, -0.1) is 0 Å². The van der Waals surface area contributed by atoms with Crippen molar-refractivity contribution >= 4 is 78.4 Å². The van der Waals surface area contributed by atoms with Gasteiger partial charge in [0.25, 0.3) is 0 Å². The molecule has 0 N–H and O–H groups in total. The zero-order valence-electron chi connectivity index (χ0n) is 49.1. The predicted octanol–water partition coefficient (Wildman–Crippen LogP) is 22.7. The molecule has 420 valence electrons. The quantitative estimate of drug-likeness (QED) is 0.108. The molecule has 0 heterocycles. The summed E-state index contributed by atoms with van der Waals surface area (Å²) in [6.45, 7) is 0. The molecule has 0 unspecified atom stereocenters. The Hall–Kier alpha value is -11.7. The normalized spacial score (nSPS) is 10.8. The summed E-state index contributed by atoms with van der Waals surface area (Å²) in [5.41, 5.74) is 21.2. The van der Waals surface area contributed by atoms with Gasteiger partial charge in [-0.2, -0.15) is 5.26 Å². The fraction of sp³-hybridized carbons (Fsp3) is 0.0241. The molecule has 0 radical (unpaired) electrons. The second kappa shape index (κ2) is 25.6. The minimum absolute atomic E-state index is 0.653. The van der Waals surface area contributed by atoms with E-state index in [9.17, 15) is 5.26 Å². The Morgan fingerprint density at radius 3 is 0.977 bits per heavy atom. The third-order valence-corrected chi connectivity index (χ3v) is 16.4. The van der Waals surface area contributed by atoms with Crippen LogP contribution in [0.2, 0.25) is 0 Å². The molecule has 14 aromatic rings. The molecule has 0 aliphatic carbocycles. The van der Waals surface area contributed by atoms with Gasteiger partial charge in [-0.05, 0) is 171 Å². The molecule has 0 bridgehead atoms. The highest BCUT2D eigenvalue weighted by Gasteiger charge is 2.19. The number of hydrogen-bond acceptors (Lipinski definition) is 5. The van der Waals surface area contributed by atoms with Crippen molar-refractivity contribution in [2.24, 2.45) is 0 Å². The Kier molecular flexibility index (Phi) is 16.2. The predicted molar refractivity (Wildman–Crippen MR) is 373 cm³/mol. The Morgan fingerprint density at radius 1 is 0.227 bits per heavy atom. The van der Waals surface area contributed by atoms with Gasteiger partial charge in [0.05, 0.1) is 23.0 Å². The molecule has 0 saturated carbocycles. The summed E-state index contributed by atoms with van der Waals surface area (Å²) < 4.78 is 0. The van der Waals surface area contributed by atoms with Gasteiger partial charge in [0.1, 0.15) is 0 Å². The van der Waals surface area contributed by atoms with Crippen molar-refractivity contribution in [3.63, 3.8) is 0 Å². The number of nitrogens with zero attached hydrogens (tertiary/aromatic N) is 5. The van der Waals surface area contributed by atoms with Gasteiger partial charge in [0, 0.05) is 70.4 Å². The minimum atomic E-state index is 0.653. The first-order valence-electron chi connectivity index (χ1n) is 29.7. The molecule has 0 saturated heterocycles. The van der Waals surface area contributed by atoms with E-state index in [0.717, 1.165) is 62.3 Å². The third kappa shape index (κ3) is 12.0. The van der Waals surface area contributed by atoms with Crippen LogP contribution in [0, 0.1) is 11.3 Å². The monoisotopic (exact) mass is 1130 g/mol. The molecule has 0 aliphatic heterocycles. The average molecular weight is 1130 g/mol. The van der Waals surface area contributed by atoms with Crippen molar-refractivity contribution in [3.8, 4) is 50.6 Å². The van der Waals surface area contributed by atoms with Crippen molar-refractivity contribution in [3.05, 3.63) is 351 Å². The molecule has 0 aliphatic rings. The lowest BCUT2D eigenvalue weighted by Gasteiger charge is -2.27. The fourth-order valence-electron chi connectivity index (χ4n) is 11.6. The summed E-state index contributed by atoms with van der Waals surface area (Å²) in [7, 11) is 4.13. The van der Waals surface area contributed by atoms with Crippen LogP contribution in [-0.2, 0) is 0 Å². The van der Waals surface area contributed by atoms with E-state index in [-0.39, 0.29) is 0 Å². The molecule has 0 aromatic heterocycles. The lowest BCUT2D eigenvalue weighted by atomic mass is 10.0. The van der Waals surface area contributed by atoms with E-state index in [4.69, 9.17) is 0 Å². The maximum absolute atomic E-state index is 9.29. The average Bonchev–Trinajstić information content (AvgIpc) is 1.99. The number of fused-ring (bicyclic) bond motifs is 2. The van der Waals surface area contributed by atoms with Crippen LogP contribution < -0.4 is 19.6 Å². The maximum atomic E-state index is 9.29. The number of para-hydroxylation sites is 1. The first kappa shape index (κ1) is 55.5. The highest BCUT2D eigenvalue weighted by atomic mass is 15.2. The smallest absolute Gasteiger partial charge is 0.0992 e. The van der Waals surface area contributed by atoms with Gasteiger partial charge in [0.2, 0.25) is 0 Å². The Bertz CT molecular complexity index is 4670. The Morgan fingerprint density at radius 2 is 0.523 bits per heavy atom. The minimum Gasteiger partial charge on any atom is -0.345 e. The van der Waals surface area contributed by atoms with Crippen molar-refractivity contribution in [2.45, 2.75) is 0 Å². The van der Waals surface area contributed by atoms with Gasteiger partial charge < -0.3 is 19.6 Å². The molecule has 0 amide bonds. The molecule has 14 aromatic carbocycles. The van der Waals surface area contributed by atoms with E-state index in [2.05, 4.69) is 342 Å². The van der Waals surface area contributed by atoms with Crippen LogP contribution in [0.15, 0.2) is 346 Å². The maximum Gasteiger partial charge on any atom is 0.0992 e. The van der Waals surface area contributed by atoms with E-state index in [1.807, 2.05) is 43.4 Å². The summed E-state index contributed by atoms with van der Waals surface area (Å²) in [6, 6.07) is 124. The summed E-state index contributed by atoms with van der Waals surface area (Å²) in [6.07, 6.45) is 0. The fourth-order valence-corrected chi connectivity index (χ4v) is 11.6. The van der Waals surface area contributed by atoms with E-state index < -0.39 is 0 Å². The van der Waals surface area contributed by atoms with Crippen LogP contribution in [-0.4, -0.2) is 14.1 Å². The first-order valence-corrected chi connectivity index (χ1v) is 29.7. The Labute approximate surface area is 516 Å². The summed E-state index contributed by atoms with van der Waals surface area (Å²) in [5, 5.41) is 14.1. The highest BCUT2D eigenvalue weighted by molar-refractivity contribution is 6.01. The molecular formula is C83H63N5. The molecule has 14 rings (SSSR count). The topological polar surface area (TPSA) is 36.8 Å². The SMILES string of the molecule is CN(c1ccc(-c2ccc(N(c3ccc(-c4ccccc4)cc3)c3cccc4ccccc34)cc2)cc1)c1cccc(C#N)c1.CN(c1ccccc1)c1ccc(-c2ccc(N(c3cccc(-c4ccccc4)c3)c3cccc4ccccc34)cc2)cc1. The molecule has 88 heavy (non-hydrogen) atoms. The van der Waals surface area contributed by atoms with E-state index in [0.29, 0.717) is 5.56 Å². The van der Waals surface area contributed by atoms with E-state index >= 15 is 0 Å². The Balaban J connectivity index is 0.000000162. The highest BCUT2D eigenvalue weighted by Crippen LogP contribution is 2.43. The number of rotatable bonds is 14. The third-order valence-electron chi connectivity index (χ3n) is 16.4. The standard InChI is InChI=1S/C42H31N3.C41H32N2/c1-44(40-14-7-9-31(29-40)30-43)37-23-17-34(18-24-37)35-21-27-39(28-22-35)45(42-16-8-13-36-12-5-6-15-41(36)42)38-25-19-33(20-26-38)32-10-3-2-4-11-32;1-42(36-17-6-3-7-18-36)37-26-22-32(23-27-37)33-24-28-38(29-25-33)43(41-21-11-15-34-14-8-9-20-40(34)41)39-19-10-16-35(30-39)31-12-4-2-5-13-31/h2-29H,1H3;2-30H,1H3. The van der Waals surface area contributed by atoms with Crippen molar-refractivity contribution in [2.75, 3.05) is 33.7 Å². The van der Waals surface area contributed by atoms with Crippen LogP contribution in [0.25, 0.3) is 66.1 Å². The van der Waals surface area contributed by atoms with Crippen molar-refractivity contribution in [1.82, 2.24) is 0 Å². The number of nitriles is 1.